The maximum Gasteiger partial charge on any atom is 0.337 e. The Morgan fingerprint density at radius 3 is 2.70 bits per heavy atom. The van der Waals surface area contributed by atoms with Crippen molar-refractivity contribution in [1.29, 1.82) is 0 Å². The van der Waals surface area contributed by atoms with E-state index in [1.807, 2.05) is 0 Å². The molecule has 0 aliphatic carbocycles. The lowest BCUT2D eigenvalue weighted by Gasteiger charge is -2.02. The number of thiophene rings is 1. The van der Waals surface area contributed by atoms with Crippen molar-refractivity contribution in [3.63, 3.8) is 0 Å². The molecule has 0 spiro atoms. The number of hydrogen-bond acceptors (Lipinski definition) is 4. The first-order valence-electron chi connectivity index (χ1n) is 5.73. The number of rotatable bonds is 4. The van der Waals surface area contributed by atoms with Crippen LogP contribution < -0.4 is 0 Å². The highest BCUT2D eigenvalue weighted by molar-refractivity contribution is 7.11. The second-order valence-electron chi connectivity index (χ2n) is 4.14. The fraction of sp³-hybridized carbons (Fsp3) is 0.0714. The summed E-state index contributed by atoms with van der Waals surface area (Å²) in [7, 11) is 0. The molecule has 1 aromatic heterocycles. The summed E-state index contributed by atoms with van der Waals surface area (Å²) in [6.45, 7) is 1.64. The Kier molecular flexibility index (Phi) is 3.95. The van der Waals surface area contributed by atoms with Crippen LogP contribution >= 0.6 is 11.3 Å². The van der Waals surface area contributed by atoms with E-state index in [-0.39, 0.29) is 11.3 Å². The van der Waals surface area contributed by atoms with Crippen LogP contribution in [0.15, 0.2) is 35.7 Å². The number of carbonyl (C=O) groups is 1. The molecule has 2 aromatic rings. The van der Waals surface area contributed by atoms with E-state index in [2.05, 4.69) is 0 Å². The van der Waals surface area contributed by atoms with Crippen LogP contribution in [0, 0.1) is 17.0 Å². The van der Waals surface area contributed by atoms with Crippen molar-refractivity contribution in [2.24, 2.45) is 0 Å². The summed E-state index contributed by atoms with van der Waals surface area (Å²) in [4.78, 5) is 22.3. The van der Waals surface area contributed by atoms with Crippen molar-refractivity contribution >= 4 is 34.6 Å². The van der Waals surface area contributed by atoms with Gasteiger partial charge >= 0.3 is 5.97 Å². The van der Waals surface area contributed by atoms with Gasteiger partial charge < -0.3 is 5.11 Å². The number of carboxylic acid groups (broad SMARTS) is 1. The van der Waals surface area contributed by atoms with Crippen molar-refractivity contribution in [3.8, 4) is 0 Å². The third kappa shape index (κ3) is 2.92. The Bertz CT molecular complexity index is 689. The van der Waals surface area contributed by atoms with E-state index in [0.717, 1.165) is 0 Å². The van der Waals surface area contributed by atoms with Gasteiger partial charge in [0.05, 0.1) is 10.5 Å². The smallest absolute Gasteiger partial charge is 0.337 e. The van der Waals surface area contributed by atoms with Gasteiger partial charge in [0.15, 0.2) is 0 Å². The second-order valence-corrected chi connectivity index (χ2v) is 5.09. The monoisotopic (exact) mass is 289 g/mol. The normalized spacial score (nSPS) is 11.3. The number of hydrogen-bond donors (Lipinski definition) is 1. The fourth-order valence-electron chi connectivity index (χ4n) is 1.75. The molecule has 0 bridgehead atoms. The molecule has 0 radical (unpaired) electrons. The molecule has 0 fully saturated rings. The number of aliphatic carboxylic acids is 1. The summed E-state index contributed by atoms with van der Waals surface area (Å²) in [5, 5.41) is 21.9. The molecule has 5 nitrogen and oxygen atoms in total. The molecular weight excluding hydrogens is 278 g/mol. The molecular formula is C14H11NO4S. The number of nitro benzene ring substituents is 1. The topological polar surface area (TPSA) is 80.4 Å². The second kappa shape index (κ2) is 5.66. The highest BCUT2D eigenvalue weighted by Gasteiger charge is 2.14. The number of nitro groups is 1. The van der Waals surface area contributed by atoms with Gasteiger partial charge in [-0.1, -0.05) is 18.2 Å². The molecule has 6 heteroatoms. The van der Waals surface area contributed by atoms with Crippen molar-refractivity contribution in [2.45, 2.75) is 6.92 Å². The zero-order valence-electron chi connectivity index (χ0n) is 10.6. The molecule has 1 N–H and O–H groups in total. The van der Waals surface area contributed by atoms with E-state index in [0.29, 0.717) is 16.0 Å². The summed E-state index contributed by atoms with van der Waals surface area (Å²) >= 11 is 1.31. The highest BCUT2D eigenvalue weighted by atomic mass is 32.1. The van der Waals surface area contributed by atoms with Crippen LogP contribution in [0.3, 0.4) is 0 Å². The van der Waals surface area contributed by atoms with Crippen LogP contribution in [0.1, 0.15) is 16.0 Å². The lowest BCUT2D eigenvalue weighted by molar-refractivity contribution is -0.385. The molecule has 0 saturated heterocycles. The maximum absolute atomic E-state index is 11.3. The Morgan fingerprint density at radius 1 is 1.40 bits per heavy atom. The first-order chi connectivity index (χ1) is 9.49. The quantitative estimate of drug-likeness (QED) is 0.530. The van der Waals surface area contributed by atoms with Gasteiger partial charge in [0.1, 0.15) is 0 Å². The van der Waals surface area contributed by atoms with Gasteiger partial charge in [-0.15, -0.1) is 11.3 Å². The predicted octanol–water partition coefficient (Wildman–Crippen LogP) is 3.59. The van der Waals surface area contributed by atoms with Crippen LogP contribution in [0.2, 0.25) is 0 Å². The zero-order valence-corrected chi connectivity index (χ0v) is 11.4. The van der Waals surface area contributed by atoms with Gasteiger partial charge in [-0.25, -0.2) is 4.79 Å². The molecule has 0 amide bonds. The van der Waals surface area contributed by atoms with Gasteiger partial charge in [0.25, 0.3) is 5.69 Å². The van der Waals surface area contributed by atoms with Gasteiger partial charge in [-0.2, -0.15) is 0 Å². The minimum Gasteiger partial charge on any atom is -0.478 e. The maximum atomic E-state index is 11.3. The summed E-state index contributed by atoms with van der Waals surface area (Å²) in [5.74, 6) is -1.06. The highest BCUT2D eigenvalue weighted by Crippen LogP contribution is 2.26. The number of carboxylic acids is 1. The molecule has 1 aromatic carbocycles. The first kappa shape index (κ1) is 14.0. The van der Waals surface area contributed by atoms with E-state index < -0.39 is 10.9 Å². The zero-order chi connectivity index (χ0) is 14.7. The minimum atomic E-state index is -1.06. The van der Waals surface area contributed by atoms with E-state index in [9.17, 15) is 20.0 Å². The predicted molar refractivity (Wildman–Crippen MR) is 77.7 cm³/mol. The van der Waals surface area contributed by atoms with E-state index in [4.69, 9.17) is 0 Å². The molecule has 0 saturated carbocycles. The molecule has 2 rings (SSSR count). The Labute approximate surface area is 119 Å². The number of benzene rings is 1. The SMILES string of the molecule is Cc1ccc(/C=C(\C(=O)O)c2cccs2)cc1[N+](=O)[O-]. The first-order valence-corrected chi connectivity index (χ1v) is 6.61. The van der Waals surface area contributed by atoms with Crippen molar-refractivity contribution in [2.75, 3.05) is 0 Å². The van der Waals surface area contributed by atoms with Gasteiger partial charge in [-0.05, 0) is 30.0 Å². The molecule has 0 unspecified atom stereocenters. The van der Waals surface area contributed by atoms with E-state index in [1.54, 1.807) is 36.6 Å². The van der Waals surface area contributed by atoms with Gasteiger partial charge in [0, 0.05) is 16.5 Å². The lowest BCUT2D eigenvalue weighted by atomic mass is 10.1. The fourth-order valence-corrected chi connectivity index (χ4v) is 2.48. The average molecular weight is 289 g/mol. The van der Waals surface area contributed by atoms with Gasteiger partial charge in [0.2, 0.25) is 0 Å². The average Bonchev–Trinajstić information content (AvgIpc) is 2.90. The third-order valence-corrected chi connectivity index (χ3v) is 3.66. The molecule has 0 aliphatic heterocycles. The lowest BCUT2D eigenvalue weighted by Crippen LogP contribution is -1.98. The van der Waals surface area contributed by atoms with Crippen LogP contribution in [-0.4, -0.2) is 16.0 Å². The minimum absolute atomic E-state index is 0.0188. The standard InChI is InChI=1S/C14H11NO4S/c1-9-4-5-10(8-12(9)15(18)19)7-11(14(16)17)13-3-2-6-20-13/h2-8H,1H3,(H,16,17)/b11-7-. The van der Waals surface area contributed by atoms with E-state index in [1.165, 1.54) is 23.5 Å². The molecule has 0 atom stereocenters. The Balaban J connectivity index is 2.50. The summed E-state index contributed by atoms with van der Waals surface area (Å²) in [6, 6.07) is 8.12. The van der Waals surface area contributed by atoms with Gasteiger partial charge in [-0.3, -0.25) is 10.1 Å². The molecule has 20 heavy (non-hydrogen) atoms. The number of nitrogens with zero attached hydrogens (tertiary/aromatic N) is 1. The van der Waals surface area contributed by atoms with E-state index >= 15 is 0 Å². The molecule has 0 aliphatic rings. The van der Waals surface area contributed by atoms with Crippen LogP contribution in [0.25, 0.3) is 11.6 Å². The summed E-state index contributed by atoms with van der Waals surface area (Å²) < 4.78 is 0. The van der Waals surface area contributed by atoms with Crippen LogP contribution in [0.4, 0.5) is 5.69 Å². The Hall–Kier alpha value is -2.47. The molecule has 102 valence electrons. The van der Waals surface area contributed by atoms with Crippen molar-refractivity contribution in [3.05, 3.63) is 61.8 Å². The van der Waals surface area contributed by atoms with Crippen LogP contribution in [-0.2, 0) is 4.79 Å². The summed E-state index contributed by atoms with van der Waals surface area (Å²) in [5.41, 5.74) is 1.14. The van der Waals surface area contributed by atoms with Crippen molar-refractivity contribution < 1.29 is 14.8 Å². The van der Waals surface area contributed by atoms with Crippen LogP contribution in [0.5, 0.6) is 0 Å². The third-order valence-electron chi connectivity index (χ3n) is 2.76. The molecule has 1 heterocycles. The number of aryl methyl sites for hydroxylation is 1. The van der Waals surface area contributed by atoms with Crippen molar-refractivity contribution in [1.82, 2.24) is 0 Å². The largest absolute Gasteiger partial charge is 0.478 e. The Morgan fingerprint density at radius 2 is 2.15 bits per heavy atom. The summed E-state index contributed by atoms with van der Waals surface area (Å²) in [6.07, 6.45) is 1.45.